The summed E-state index contributed by atoms with van der Waals surface area (Å²) in [5.41, 5.74) is 0.688. The number of hydrogen-bond donors (Lipinski definition) is 1. The summed E-state index contributed by atoms with van der Waals surface area (Å²) < 4.78 is 27.9. The molecule has 0 aliphatic rings. The van der Waals surface area contributed by atoms with Gasteiger partial charge in [0.1, 0.15) is 12.4 Å². The van der Waals surface area contributed by atoms with Crippen molar-refractivity contribution >= 4 is 21.4 Å². The van der Waals surface area contributed by atoms with Gasteiger partial charge in [0.2, 0.25) is 0 Å². The third-order valence-corrected chi connectivity index (χ3v) is 4.49. The number of ether oxygens (including phenoxy) is 1. The van der Waals surface area contributed by atoms with Gasteiger partial charge in [0, 0.05) is 5.75 Å². The first-order chi connectivity index (χ1) is 8.35. The van der Waals surface area contributed by atoms with Crippen molar-refractivity contribution in [1.82, 2.24) is 0 Å². The number of aliphatic hydroxyl groups is 1. The van der Waals surface area contributed by atoms with Crippen molar-refractivity contribution in [1.29, 1.82) is 0 Å². The van der Waals surface area contributed by atoms with Crippen LogP contribution in [-0.4, -0.2) is 31.6 Å². The molecule has 0 amide bonds. The number of benzene rings is 1. The van der Waals surface area contributed by atoms with Gasteiger partial charge in [-0.05, 0) is 24.6 Å². The van der Waals surface area contributed by atoms with Crippen LogP contribution in [0.1, 0.15) is 25.5 Å². The van der Waals surface area contributed by atoms with Crippen LogP contribution in [0.15, 0.2) is 18.2 Å². The lowest BCUT2D eigenvalue weighted by Crippen LogP contribution is -2.15. The molecule has 0 aromatic heterocycles. The molecule has 0 aliphatic carbocycles. The van der Waals surface area contributed by atoms with E-state index in [4.69, 9.17) is 16.3 Å². The Balaban J connectivity index is 2.64. The number of sulfone groups is 1. The first kappa shape index (κ1) is 15.3. The van der Waals surface area contributed by atoms with E-state index in [1.54, 1.807) is 32.0 Å². The molecule has 1 rings (SSSR count). The Hall–Kier alpha value is -0.780. The molecule has 0 unspecified atom stereocenters. The van der Waals surface area contributed by atoms with Gasteiger partial charge in [-0.1, -0.05) is 24.6 Å². The van der Waals surface area contributed by atoms with Gasteiger partial charge >= 0.3 is 0 Å². The molecule has 0 fully saturated rings. The second kappa shape index (κ2) is 6.41. The molecule has 1 N–H and O–H groups in total. The molecule has 0 bridgehead atoms. The molecule has 18 heavy (non-hydrogen) atoms. The van der Waals surface area contributed by atoms with Gasteiger partial charge in [-0.25, -0.2) is 8.42 Å². The summed E-state index contributed by atoms with van der Waals surface area (Å²) in [7, 11) is -3.03. The largest absolute Gasteiger partial charge is 0.491 e. The predicted molar refractivity (Wildman–Crippen MR) is 71.9 cm³/mol. The summed E-state index contributed by atoms with van der Waals surface area (Å²) >= 11 is 5.97. The molecule has 0 spiro atoms. The number of rotatable bonds is 6. The Bertz CT molecular complexity index is 497. The summed E-state index contributed by atoms with van der Waals surface area (Å²) in [5.74, 6) is 0.496. The molecule has 0 aliphatic heterocycles. The van der Waals surface area contributed by atoms with Gasteiger partial charge in [-0.3, -0.25) is 0 Å². The van der Waals surface area contributed by atoms with Crippen LogP contribution in [0.2, 0.25) is 5.02 Å². The monoisotopic (exact) mass is 292 g/mol. The van der Waals surface area contributed by atoms with Gasteiger partial charge in [0.15, 0.2) is 9.84 Å². The standard InChI is InChI=1S/C12H17ClO4S/c1-3-18(15,16)7-6-17-12-5-4-10(9(2)14)8-11(12)13/h4-5,8-9,14H,3,6-7H2,1-2H3/t9-/m1/s1. The lowest BCUT2D eigenvalue weighted by molar-refractivity contribution is 0.199. The van der Waals surface area contributed by atoms with Crippen molar-refractivity contribution < 1.29 is 18.3 Å². The zero-order chi connectivity index (χ0) is 13.8. The Kier molecular flexibility index (Phi) is 5.44. The molecule has 0 radical (unpaired) electrons. The molecule has 1 aromatic carbocycles. The van der Waals surface area contributed by atoms with Gasteiger partial charge < -0.3 is 9.84 Å². The summed E-state index contributed by atoms with van der Waals surface area (Å²) in [4.78, 5) is 0. The smallest absolute Gasteiger partial charge is 0.153 e. The van der Waals surface area contributed by atoms with Crippen LogP contribution in [-0.2, 0) is 9.84 Å². The third-order valence-electron chi connectivity index (χ3n) is 2.53. The van der Waals surface area contributed by atoms with Crippen LogP contribution in [0.4, 0.5) is 0 Å². The molecule has 102 valence electrons. The van der Waals surface area contributed by atoms with Crippen LogP contribution in [0.3, 0.4) is 0 Å². The zero-order valence-electron chi connectivity index (χ0n) is 10.4. The van der Waals surface area contributed by atoms with Crippen molar-refractivity contribution in [3.63, 3.8) is 0 Å². The van der Waals surface area contributed by atoms with Crippen molar-refractivity contribution in [2.24, 2.45) is 0 Å². The maximum atomic E-state index is 11.3. The fourth-order valence-electron chi connectivity index (χ4n) is 1.32. The molecule has 4 nitrogen and oxygen atoms in total. The number of aliphatic hydroxyl groups excluding tert-OH is 1. The van der Waals surface area contributed by atoms with Gasteiger partial charge in [-0.2, -0.15) is 0 Å². The molecule has 0 saturated carbocycles. The van der Waals surface area contributed by atoms with Crippen LogP contribution < -0.4 is 4.74 Å². The molecule has 1 atom stereocenters. The van der Waals surface area contributed by atoms with Crippen LogP contribution in [0, 0.1) is 0 Å². The summed E-state index contributed by atoms with van der Waals surface area (Å²) in [6.45, 7) is 3.31. The molecule has 0 heterocycles. The van der Waals surface area contributed by atoms with Crippen molar-refractivity contribution in [3.8, 4) is 5.75 Å². The first-order valence-electron chi connectivity index (χ1n) is 5.66. The highest BCUT2D eigenvalue weighted by molar-refractivity contribution is 7.91. The zero-order valence-corrected chi connectivity index (χ0v) is 12.0. The second-order valence-electron chi connectivity index (χ2n) is 3.95. The quantitative estimate of drug-likeness (QED) is 0.873. The molecular formula is C12H17ClO4S. The van der Waals surface area contributed by atoms with E-state index in [1.807, 2.05) is 0 Å². The van der Waals surface area contributed by atoms with E-state index in [2.05, 4.69) is 0 Å². The Morgan fingerprint density at radius 3 is 2.61 bits per heavy atom. The van der Waals surface area contributed by atoms with E-state index in [-0.39, 0.29) is 18.1 Å². The minimum Gasteiger partial charge on any atom is -0.491 e. The van der Waals surface area contributed by atoms with Gasteiger partial charge in [0.25, 0.3) is 0 Å². The highest BCUT2D eigenvalue weighted by Crippen LogP contribution is 2.27. The molecule has 6 heteroatoms. The average molecular weight is 293 g/mol. The molecular weight excluding hydrogens is 276 g/mol. The highest BCUT2D eigenvalue weighted by atomic mass is 35.5. The van der Waals surface area contributed by atoms with Crippen LogP contribution in [0.25, 0.3) is 0 Å². The van der Waals surface area contributed by atoms with Gasteiger partial charge in [-0.15, -0.1) is 0 Å². The topological polar surface area (TPSA) is 63.6 Å². The minimum absolute atomic E-state index is 0.0298. The van der Waals surface area contributed by atoms with Crippen molar-refractivity contribution in [3.05, 3.63) is 28.8 Å². The maximum absolute atomic E-state index is 11.3. The van der Waals surface area contributed by atoms with Crippen molar-refractivity contribution in [2.75, 3.05) is 18.1 Å². The minimum atomic E-state index is -3.03. The van der Waals surface area contributed by atoms with E-state index in [9.17, 15) is 13.5 Å². The van der Waals surface area contributed by atoms with E-state index < -0.39 is 15.9 Å². The number of halogens is 1. The highest BCUT2D eigenvalue weighted by Gasteiger charge is 2.10. The average Bonchev–Trinajstić information content (AvgIpc) is 2.31. The fourth-order valence-corrected chi connectivity index (χ4v) is 2.19. The van der Waals surface area contributed by atoms with Crippen LogP contribution >= 0.6 is 11.6 Å². The van der Waals surface area contributed by atoms with E-state index in [0.717, 1.165) is 0 Å². The molecule has 1 aromatic rings. The third kappa shape index (κ3) is 4.48. The van der Waals surface area contributed by atoms with E-state index in [0.29, 0.717) is 16.3 Å². The normalized spacial score (nSPS) is 13.3. The molecule has 0 saturated heterocycles. The Labute approximate surface area is 112 Å². The fraction of sp³-hybridized carbons (Fsp3) is 0.500. The lowest BCUT2D eigenvalue weighted by atomic mass is 10.1. The number of hydrogen-bond acceptors (Lipinski definition) is 4. The summed E-state index contributed by atoms with van der Waals surface area (Å²) in [5, 5.41) is 9.74. The first-order valence-corrected chi connectivity index (χ1v) is 7.86. The van der Waals surface area contributed by atoms with E-state index >= 15 is 0 Å². The summed E-state index contributed by atoms with van der Waals surface area (Å²) in [6.07, 6.45) is -0.600. The van der Waals surface area contributed by atoms with Gasteiger partial charge in [0.05, 0.1) is 16.9 Å². The Morgan fingerprint density at radius 2 is 2.11 bits per heavy atom. The predicted octanol–water partition coefficient (Wildman–Crippen LogP) is 2.21. The maximum Gasteiger partial charge on any atom is 0.153 e. The lowest BCUT2D eigenvalue weighted by Gasteiger charge is -2.10. The SMILES string of the molecule is CCS(=O)(=O)CCOc1ccc([C@@H](C)O)cc1Cl. The van der Waals surface area contributed by atoms with Crippen molar-refractivity contribution in [2.45, 2.75) is 20.0 Å². The van der Waals surface area contributed by atoms with E-state index in [1.165, 1.54) is 0 Å². The van der Waals surface area contributed by atoms with Crippen LogP contribution in [0.5, 0.6) is 5.75 Å². The summed E-state index contributed by atoms with van der Waals surface area (Å²) in [6, 6.07) is 4.93. The second-order valence-corrected chi connectivity index (χ2v) is 6.83. The Morgan fingerprint density at radius 1 is 1.44 bits per heavy atom.